The maximum absolute atomic E-state index is 6.82. The number of benzene rings is 8. The van der Waals surface area contributed by atoms with Crippen molar-refractivity contribution in [1.82, 2.24) is 28.2 Å². The van der Waals surface area contributed by atoms with Gasteiger partial charge in [-0.05, 0) is 18.2 Å². The van der Waals surface area contributed by atoms with Crippen molar-refractivity contribution in [1.29, 1.82) is 0 Å². The third-order valence-corrected chi connectivity index (χ3v) is 13.8. The van der Waals surface area contributed by atoms with Gasteiger partial charge in [0.2, 0.25) is 0 Å². The number of hydrogen-bond donors (Lipinski definition) is 0. The number of fused-ring (bicyclic) bond motifs is 7. The summed E-state index contributed by atoms with van der Waals surface area (Å²) in [6.45, 7) is 0. The van der Waals surface area contributed by atoms with Gasteiger partial charge < -0.3 is 4.57 Å². The normalized spacial score (nSPS) is 11.7. The van der Waals surface area contributed by atoms with Crippen molar-refractivity contribution in [2.45, 2.75) is 0 Å². The molecule has 0 atom stereocenters. The number of nitrogens with zero attached hydrogens (tertiary/aromatic N) is 6. The van der Waals surface area contributed by atoms with Crippen LogP contribution in [0.3, 0.4) is 0 Å². The van der Waals surface area contributed by atoms with Crippen LogP contribution in [-0.2, 0) is 19.4 Å². The Labute approximate surface area is 396 Å². The van der Waals surface area contributed by atoms with E-state index in [9.17, 15) is 0 Å². The molecule has 7 nitrogen and oxygen atoms in total. The zero-order valence-corrected chi connectivity index (χ0v) is 38.1. The fourth-order valence-electron chi connectivity index (χ4n) is 9.88. The molecule has 0 fully saturated rings. The molecule has 0 radical (unpaired) electrons. The van der Waals surface area contributed by atoms with Crippen LogP contribution in [0.5, 0.6) is 11.5 Å². The summed E-state index contributed by atoms with van der Waals surface area (Å²) in [6.07, 6.45) is 5.74. The Bertz CT molecular complexity index is 3980. The molecule has 0 aliphatic rings. The van der Waals surface area contributed by atoms with E-state index in [1.54, 1.807) is 0 Å². The van der Waals surface area contributed by atoms with Crippen LogP contribution in [0, 0.1) is 3.80 Å². The molecule has 0 aliphatic carbocycles. The van der Waals surface area contributed by atoms with E-state index in [2.05, 4.69) is 249 Å². The molecule has 0 N–H and O–H groups in total. The molecule has 67 heavy (non-hydrogen) atoms. The minimum atomic E-state index is 0.731. The van der Waals surface area contributed by atoms with Gasteiger partial charge >= 0.3 is 294 Å². The van der Waals surface area contributed by atoms with E-state index in [1.807, 2.05) is 24.7 Å². The standard InChI is InChI=1S/C59H38N6O.Pt/c1-3-15-40(16-4-1)46-23-14-24-47(41-17-5-2-6-18-41)59(46)63-39-62(54-27-11-12-28-55(54)63)42-19-13-20-44(35-42)66-45-30-31-50-48-21-8-10-26-53(48)65(56(50)36-45)58-32-29-43(37-61-58)64-52-25-9-7-22-49(52)51-33-34-60-38-57(51)64;/h1-38H;. The molecule has 320 valence electrons. The molecule has 0 bridgehead atoms. The molecule has 13 rings (SSSR count). The molecule has 8 aromatic carbocycles. The number of pyridine rings is 2. The van der Waals surface area contributed by atoms with Crippen molar-refractivity contribution >= 4 is 54.6 Å². The fraction of sp³-hybridized carbons (Fsp3) is 0. The number of aromatic nitrogens is 6. The predicted octanol–water partition coefficient (Wildman–Crippen LogP) is 14.6. The molecule has 5 heterocycles. The molecule has 0 saturated heterocycles. The molecule has 13 aromatic rings. The summed E-state index contributed by atoms with van der Waals surface area (Å²) in [5.41, 5.74) is 14.2. The van der Waals surface area contributed by atoms with Crippen LogP contribution in [0.25, 0.3) is 99.8 Å². The van der Waals surface area contributed by atoms with Crippen LogP contribution in [0.2, 0.25) is 0 Å². The number of para-hydroxylation sites is 5. The Morgan fingerprint density at radius 2 is 0.955 bits per heavy atom. The summed E-state index contributed by atoms with van der Waals surface area (Å²) in [5.74, 6) is 2.28. The SMILES string of the molecule is [Pt]=[c]1n(-c2cccc(Oc3ccc4c5ccccc5n(-c5ccc(-n6c7ccccc7c7ccncc76)cn5)c4c3)c2)c2ccccc2n1-c1c(-c2ccccc2)cccc1-c1ccccc1. The van der Waals surface area contributed by atoms with Gasteiger partial charge in [-0.1, -0.05) is 30.3 Å². The van der Waals surface area contributed by atoms with E-state index in [0.29, 0.717) is 0 Å². The van der Waals surface area contributed by atoms with Gasteiger partial charge in [0.25, 0.3) is 0 Å². The van der Waals surface area contributed by atoms with E-state index < -0.39 is 0 Å². The Kier molecular flexibility index (Phi) is 9.29. The van der Waals surface area contributed by atoms with Crippen LogP contribution in [-0.4, -0.2) is 28.2 Å². The fourth-order valence-corrected chi connectivity index (χ4v) is 11.0. The van der Waals surface area contributed by atoms with E-state index in [0.717, 1.165) is 110 Å². The van der Waals surface area contributed by atoms with E-state index >= 15 is 0 Å². The van der Waals surface area contributed by atoms with Crippen LogP contribution in [0.4, 0.5) is 0 Å². The Morgan fingerprint density at radius 1 is 0.373 bits per heavy atom. The second kappa shape index (κ2) is 15.9. The summed E-state index contributed by atoms with van der Waals surface area (Å²) in [5, 5.41) is 4.63. The van der Waals surface area contributed by atoms with Gasteiger partial charge in [0.05, 0.1) is 29.1 Å². The van der Waals surface area contributed by atoms with Gasteiger partial charge in [0.15, 0.2) is 0 Å². The molecule has 0 unspecified atom stereocenters. The van der Waals surface area contributed by atoms with Crippen molar-refractivity contribution in [2.24, 2.45) is 0 Å². The van der Waals surface area contributed by atoms with Crippen LogP contribution < -0.4 is 4.74 Å². The summed E-state index contributed by atoms with van der Waals surface area (Å²) in [7, 11) is 0. The topological polar surface area (TPSA) is 54.7 Å². The Morgan fingerprint density at radius 3 is 1.64 bits per heavy atom. The second-order valence-electron chi connectivity index (χ2n) is 16.6. The minimum absolute atomic E-state index is 0.731. The molecule has 0 saturated carbocycles. The number of hydrogen-bond acceptors (Lipinski definition) is 3. The van der Waals surface area contributed by atoms with Gasteiger partial charge in [0.1, 0.15) is 0 Å². The number of imidazole rings is 1. The van der Waals surface area contributed by atoms with E-state index in [1.165, 1.54) is 5.39 Å². The summed E-state index contributed by atoms with van der Waals surface area (Å²) < 4.78 is 17.1. The zero-order chi connectivity index (χ0) is 44.4. The molecule has 8 heteroatoms. The first-order chi connectivity index (χ1) is 33.2. The average molecular weight is 1040 g/mol. The first kappa shape index (κ1) is 39.0. The van der Waals surface area contributed by atoms with Crippen molar-refractivity contribution in [3.8, 4) is 56.6 Å². The van der Waals surface area contributed by atoms with Crippen molar-refractivity contribution < 1.29 is 24.1 Å². The van der Waals surface area contributed by atoms with Gasteiger partial charge in [-0.3, -0.25) is 4.98 Å². The van der Waals surface area contributed by atoms with E-state index in [4.69, 9.17) is 9.72 Å². The van der Waals surface area contributed by atoms with Gasteiger partial charge in [-0.15, -0.1) is 0 Å². The first-order valence-electron chi connectivity index (χ1n) is 22.2. The predicted molar refractivity (Wildman–Crippen MR) is 268 cm³/mol. The molecule has 5 aromatic heterocycles. The summed E-state index contributed by atoms with van der Waals surface area (Å²) in [4.78, 5) is 9.60. The monoisotopic (exact) mass is 1040 g/mol. The average Bonchev–Trinajstić information content (AvgIpc) is 4.01. The second-order valence-corrected chi connectivity index (χ2v) is 17.6. The Hall–Kier alpha value is -8.38. The maximum atomic E-state index is 6.82. The molecule has 0 amide bonds. The zero-order valence-electron chi connectivity index (χ0n) is 35.8. The van der Waals surface area contributed by atoms with Crippen LogP contribution in [0.15, 0.2) is 231 Å². The first-order valence-corrected chi connectivity index (χ1v) is 23.4. The molecular formula is C59H38N6OPt. The van der Waals surface area contributed by atoms with E-state index in [-0.39, 0.29) is 0 Å². The molecule has 0 spiro atoms. The van der Waals surface area contributed by atoms with Gasteiger partial charge in [-0.25, -0.2) is 0 Å². The van der Waals surface area contributed by atoms with Gasteiger partial charge in [0, 0.05) is 17.0 Å². The number of ether oxygens (including phenoxy) is 1. The van der Waals surface area contributed by atoms with Crippen LogP contribution in [0.1, 0.15) is 0 Å². The van der Waals surface area contributed by atoms with Gasteiger partial charge in [-0.2, -0.15) is 0 Å². The summed E-state index contributed by atoms with van der Waals surface area (Å²) in [6, 6.07) is 74.6. The third kappa shape index (κ3) is 6.42. The van der Waals surface area contributed by atoms with Crippen molar-refractivity contribution in [3.63, 3.8) is 0 Å². The third-order valence-electron chi connectivity index (χ3n) is 12.8. The van der Waals surface area contributed by atoms with Crippen LogP contribution >= 0.6 is 0 Å². The number of rotatable bonds is 8. The molecular weight excluding hydrogens is 1000 g/mol. The van der Waals surface area contributed by atoms with Crippen molar-refractivity contribution in [2.75, 3.05) is 0 Å². The molecule has 0 aliphatic heterocycles. The summed E-state index contributed by atoms with van der Waals surface area (Å²) >= 11 is 2.49. The quantitative estimate of drug-likeness (QED) is 0.152. The Balaban J connectivity index is 0.906. The van der Waals surface area contributed by atoms with Crippen molar-refractivity contribution in [3.05, 3.63) is 235 Å².